The number of morpholine rings is 1. The first-order chi connectivity index (χ1) is 9.60. The lowest BCUT2D eigenvalue weighted by atomic mass is 10.2. The zero-order chi connectivity index (χ0) is 14.5. The number of likely N-dealkylation sites (N-methyl/N-ethyl adjacent to an activating group) is 1. The Bertz CT molecular complexity index is 488. The first-order valence-corrected chi connectivity index (χ1v) is 7.37. The Labute approximate surface area is 121 Å². The van der Waals surface area contributed by atoms with Gasteiger partial charge in [0.25, 0.3) is 5.91 Å². The van der Waals surface area contributed by atoms with Crippen LogP contribution in [-0.2, 0) is 4.74 Å². The quantitative estimate of drug-likeness (QED) is 0.844. The van der Waals surface area contributed by atoms with Crippen LogP contribution in [0.25, 0.3) is 0 Å². The van der Waals surface area contributed by atoms with Crippen molar-refractivity contribution in [2.24, 2.45) is 0 Å². The molecule has 0 bridgehead atoms. The molecule has 1 aromatic heterocycles. The summed E-state index contributed by atoms with van der Waals surface area (Å²) in [5.41, 5.74) is 0. The van der Waals surface area contributed by atoms with Gasteiger partial charge in [-0.3, -0.25) is 9.69 Å². The second-order valence-electron chi connectivity index (χ2n) is 4.57. The van der Waals surface area contributed by atoms with Crippen LogP contribution in [0.4, 0.5) is 0 Å². The number of carboxylic acid groups (broad SMARTS) is 1. The van der Waals surface area contributed by atoms with Gasteiger partial charge in [0.1, 0.15) is 4.88 Å². The monoisotopic (exact) mass is 298 g/mol. The van der Waals surface area contributed by atoms with Gasteiger partial charge in [-0.05, 0) is 18.7 Å². The van der Waals surface area contributed by atoms with Gasteiger partial charge in [0.05, 0.1) is 17.6 Å². The fraction of sp³-hybridized carbons (Fsp3) is 0.538. The fourth-order valence-corrected chi connectivity index (χ4v) is 2.82. The lowest BCUT2D eigenvalue weighted by Crippen LogP contribution is -2.47. The number of hydrogen-bond acceptors (Lipinski definition) is 5. The summed E-state index contributed by atoms with van der Waals surface area (Å²) >= 11 is 0.978. The van der Waals surface area contributed by atoms with Gasteiger partial charge >= 0.3 is 5.97 Å². The number of ether oxygens (including phenoxy) is 1. The molecule has 0 saturated carbocycles. The first kappa shape index (κ1) is 15.0. The molecule has 0 radical (unpaired) electrons. The molecule has 1 atom stereocenters. The zero-order valence-electron chi connectivity index (χ0n) is 11.3. The van der Waals surface area contributed by atoms with Gasteiger partial charge in [-0.25, -0.2) is 4.79 Å². The molecule has 2 N–H and O–H groups in total. The smallest absolute Gasteiger partial charge is 0.345 e. The highest BCUT2D eigenvalue weighted by Crippen LogP contribution is 2.16. The Balaban J connectivity index is 1.83. The number of rotatable bonds is 5. The first-order valence-electron chi connectivity index (χ1n) is 6.55. The molecule has 2 heterocycles. The molecular weight excluding hydrogens is 280 g/mol. The van der Waals surface area contributed by atoms with Crippen molar-refractivity contribution in [1.29, 1.82) is 0 Å². The maximum atomic E-state index is 11.9. The molecule has 110 valence electrons. The highest BCUT2D eigenvalue weighted by molar-refractivity contribution is 7.15. The zero-order valence-corrected chi connectivity index (χ0v) is 12.1. The number of nitrogens with one attached hydrogen (secondary N) is 1. The van der Waals surface area contributed by atoms with E-state index in [1.165, 1.54) is 12.1 Å². The van der Waals surface area contributed by atoms with Crippen molar-refractivity contribution in [2.45, 2.75) is 13.0 Å². The van der Waals surface area contributed by atoms with Crippen molar-refractivity contribution in [3.8, 4) is 0 Å². The predicted molar refractivity (Wildman–Crippen MR) is 75.5 cm³/mol. The standard InChI is InChI=1S/C13H18N2O4S/c1-2-15-5-6-19-9(8-15)7-14-12(16)10-3-4-11(20-10)13(17)18/h3-4,9H,2,5-8H2,1H3,(H,14,16)(H,17,18). The molecule has 1 fully saturated rings. The third-order valence-corrected chi connectivity index (χ3v) is 4.27. The van der Waals surface area contributed by atoms with Gasteiger partial charge in [0.15, 0.2) is 0 Å². The van der Waals surface area contributed by atoms with E-state index in [2.05, 4.69) is 17.1 Å². The van der Waals surface area contributed by atoms with Crippen molar-refractivity contribution >= 4 is 23.2 Å². The van der Waals surface area contributed by atoms with Crippen molar-refractivity contribution in [3.63, 3.8) is 0 Å². The molecule has 2 rings (SSSR count). The minimum atomic E-state index is -1.01. The molecule has 1 aliphatic heterocycles. The third-order valence-electron chi connectivity index (χ3n) is 3.20. The summed E-state index contributed by atoms with van der Waals surface area (Å²) in [4.78, 5) is 25.5. The average molecular weight is 298 g/mol. The lowest BCUT2D eigenvalue weighted by molar-refractivity contribution is -0.0245. The molecule has 20 heavy (non-hydrogen) atoms. The summed E-state index contributed by atoms with van der Waals surface area (Å²) < 4.78 is 5.59. The predicted octanol–water partition coefficient (Wildman–Crippen LogP) is 0.897. The molecule has 1 amide bonds. The third kappa shape index (κ3) is 3.78. The summed E-state index contributed by atoms with van der Waals surface area (Å²) in [7, 11) is 0. The summed E-state index contributed by atoms with van der Waals surface area (Å²) in [6.07, 6.45) is -0.00782. The molecular formula is C13H18N2O4S. The number of carboxylic acids is 1. The van der Waals surface area contributed by atoms with Crippen LogP contribution in [0.1, 0.15) is 26.3 Å². The van der Waals surface area contributed by atoms with Gasteiger partial charge in [0, 0.05) is 19.6 Å². The Hall–Kier alpha value is -1.44. The van der Waals surface area contributed by atoms with Crippen LogP contribution in [-0.4, -0.2) is 60.8 Å². The second-order valence-corrected chi connectivity index (χ2v) is 5.65. The minimum Gasteiger partial charge on any atom is -0.477 e. The molecule has 0 spiro atoms. The maximum Gasteiger partial charge on any atom is 0.345 e. The van der Waals surface area contributed by atoms with Gasteiger partial charge in [-0.1, -0.05) is 6.92 Å². The van der Waals surface area contributed by atoms with E-state index in [4.69, 9.17) is 9.84 Å². The highest BCUT2D eigenvalue weighted by Gasteiger charge is 2.20. The van der Waals surface area contributed by atoms with Crippen LogP contribution in [0, 0.1) is 0 Å². The van der Waals surface area contributed by atoms with Crippen LogP contribution >= 0.6 is 11.3 Å². The van der Waals surface area contributed by atoms with Crippen LogP contribution < -0.4 is 5.32 Å². The van der Waals surface area contributed by atoms with E-state index in [1.807, 2.05) is 0 Å². The van der Waals surface area contributed by atoms with E-state index >= 15 is 0 Å². The van der Waals surface area contributed by atoms with E-state index in [-0.39, 0.29) is 16.9 Å². The van der Waals surface area contributed by atoms with Crippen molar-refractivity contribution in [2.75, 3.05) is 32.8 Å². The molecule has 1 saturated heterocycles. The summed E-state index contributed by atoms with van der Waals surface area (Å²) in [6, 6.07) is 2.97. The summed E-state index contributed by atoms with van der Waals surface area (Å²) in [6.45, 7) is 5.92. The number of carbonyl (C=O) groups excluding carboxylic acids is 1. The van der Waals surface area contributed by atoms with Crippen molar-refractivity contribution < 1.29 is 19.4 Å². The normalized spacial score (nSPS) is 19.8. The molecule has 1 aliphatic rings. The van der Waals surface area contributed by atoms with Crippen LogP contribution in [0.2, 0.25) is 0 Å². The summed E-state index contributed by atoms with van der Waals surface area (Å²) in [5, 5.41) is 11.6. The van der Waals surface area contributed by atoms with Crippen LogP contribution in [0.5, 0.6) is 0 Å². The van der Waals surface area contributed by atoms with Gasteiger partial charge < -0.3 is 15.2 Å². The molecule has 0 aromatic carbocycles. The Morgan fingerprint density at radius 3 is 2.90 bits per heavy atom. The number of thiophene rings is 1. The fourth-order valence-electron chi connectivity index (χ4n) is 2.06. The summed E-state index contributed by atoms with van der Waals surface area (Å²) in [5.74, 6) is -1.26. The van der Waals surface area contributed by atoms with Crippen molar-refractivity contribution in [1.82, 2.24) is 10.2 Å². The second kappa shape index (κ2) is 6.83. The Kier molecular flexibility index (Phi) is 5.11. The molecule has 1 aromatic rings. The van der Waals surface area contributed by atoms with Crippen LogP contribution in [0.3, 0.4) is 0 Å². The minimum absolute atomic E-state index is 0.00782. The number of aromatic carboxylic acids is 1. The molecule has 6 nitrogen and oxygen atoms in total. The van der Waals surface area contributed by atoms with Gasteiger partial charge in [-0.2, -0.15) is 0 Å². The topological polar surface area (TPSA) is 78.9 Å². The number of carbonyl (C=O) groups is 2. The maximum absolute atomic E-state index is 11.9. The SMILES string of the molecule is CCN1CCOC(CNC(=O)c2ccc(C(=O)O)s2)C1. The average Bonchev–Trinajstić information content (AvgIpc) is 2.95. The van der Waals surface area contributed by atoms with E-state index in [1.54, 1.807) is 0 Å². The largest absolute Gasteiger partial charge is 0.477 e. The number of hydrogen-bond donors (Lipinski definition) is 2. The van der Waals surface area contributed by atoms with E-state index < -0.39 is 5.97 Å². The highest BCUT2D eigenvalue weighted by atomic mass is 32.1. The van der Waals surface area contributed by atoms with E-state index in [9.17, 15) is 9.59 Å². The molecule has 7 heteroatoms. The lowest BCUT2D eigenvalue weighted by Gasteiger charge is -2.32. The van der Waals surface area contributed by atoms with Crippen LogP contribution in [0.15, 0.2) is 12.1 Å². The van der Waals surface area contributed by atoms with E-state index in [0.29, 0.717) is 18.0 Å². The molecule has 1 unspecified atom stereocenters. The number of amides is 1. The van der Waals surface area contributed by atoms with E-state index in [0.717, 1.165) is 31.0 Å². The van der Waals surface area contributed by atoms with Crippen molar-refractivity contribution in [3.05, 3.63) is 21.9 Å². The Morgan fingerprint density at radius 1 is 1.50 bits per heavy atom. The van der Waals surface area contributed by atoms with Gasteiger partial charge in [-0.15, -0.1) is 11.3 Å². The number of nitrogens with zero attached hydrogens (tertiary/aromatic N) is 1. The van der Waals surface area contributed by atoms with Gasteiger partial charge in [0.2, 0.25) is 0 Å². The molecule has 0 aliphatic carbocycles. The Morgan fingerprint density at radius 2 is 2.25 bits per heavy atom.